The molecule has 4 aromatic rings. The summed E-state index contributed by atoms with van der Waals surface area (Å²) < 4.78 is 82.6. The number of alkyl halides is 6. The van der Waals surface area contributed by atoms with Crippen molar-refractivity contribution in [3.63, 3.8) is 0 Å². The van der Waals surface area contributed by atoms with Gasteiger partial charge in [0.05, 0.1) is 16.8 Å². The van der Waals surface area contributed by atoms with E-state index in [-0.39, 0.29) is 16.5 Å². The van der Waals surface area contributed by atoms with Gasteiger partial charge in [0.25, 0.3) is 5.91 Å². The van der Waals surface area contributed by atoms with Gasteiger partial charge in [-0.2, -0.15) is 26.3 Å². The number of rotatable bonds is 4. The average molecular weight is 526 g/mol. The Labute approximate surface area is 204 Å². The molecule has 0 unspecified atom stereocenters. The number of hydrogen-bond acceptors (Lipinski definition) is 4. The van der Waals surface area contributed by atoms with Crippen LogP contribution in [0, 0.1) is 0 Å². The molecule has 2 aromatic carbocycles. The average Bonchev–Trinajstić information content (AvgIpc) is 3.28. The molecule has 0 bridgehead atoms. The lowest BCUT2D eigenvalue weighted by Crippen LogP contribution is -2.39. The fourth-order valence-corrected chi connectivity index (χ4v) is 3.57. The molecule has 0 radical (unpaired) electrons. The lowest BCUT2D eigenvalue weighted by molar-refractivity contribution is -0.138. The van der Waals surface area contributed by atoms with Crippen molar-refractivity contribution in [2.45, 2.75) is 12.4 Å². The summed E-state index contributed by atoms with van der Waals surface area (Å²) in [6, 6.07) is 10.7. The van der Waals surface area contributed by atoms with Crippen molar-refractivity contribution in [2.75, 3.05) is 5.01 Å². The predicted octanol–water partition coefficient (Wildman–Crippen LogP) is 6.15. The number of nitrogens with two attached hydrogens (primary N) is 1. The maximum absolute atomic E-state index is 13.7. The van der Waals surface area contributed by atoms with Gasteiger partial charge in [0.15, 0.2) is 0 Å². The molecule has 0 saturated heterocycles. The predicted molar refractivity (Wildman–Crippen MR) is 119 cm³/mol. The Kier molecular flexibility index (Phi) is 6.50. The summed E-state index contributed by atoms with van der Waals surface area (Å²) >= 11 is 5.90. The second-order valence-electron chi connectivity index (χ2n) is 7.41. The van der Waals surface area contributed by atoms with Crippen molar-refractivity contribution >= 4 is 23.2 Å². The second kappa shape index (κ2) is 9.28. The van der Waals surface area contributed by atoms with Crippen LogP contribution in [0.1, 0.15) is 21.6 Å². The first kappa shape index (κ1) is 25.2. The van der Waals surface area contributed by atoms with Crippen LogP contribution in [0.4, 0.5) is 32.0 Å². The molecule has 2 heterocycles. The topological polar surface area (TPSA) is 77.0 Å². The lowest BCUT2D eigenvalue weighted by Gasteiger charge is -2.20. The summed E-state index contributed by atoms with van der Waals surface area (Å²) in [7, 11) is 0. The number of imidazole rings is 1. The Morgan fingerprint density at radius 1 is 0.917 bits per heavy atom. The first-order valence-electron chi connectivity index (χ1n) is 10.00. The summed E-state index contributed by atoms with van der Waals surface area (Å²) in [6.45, 7) is 0. The molecular weight excluding hydrogens is 512 g/mol. The SMILES string of the molecule is NN(C(=O)c1cn(-c2ccc(Cl)cc2)c(-c2cnccc2C(F)(F)F)n1)c1ccccc1C(F)(F)F. The van der Waals surface area contributed by atoms with E-state index in [4.69, 9.17) is 17.4 Å². The molecule has 0 saturated carbocycles. The summed E-state index contributed by atoms with van der Waals surface area (Å²) in [5, 5.41) is 0.584. The number of hydrogen-bond donors (Lipinski definition) is 1. The summed E-state index contributed by atoms with van der Waals surface area (Å²) in [5.74, 6) is 4.23. The number of anilines is 1. The van der Waals surface area contributed by atoms with E-state index in [1.54, 1.807) is 0 Å². The highest BCUT2D eigenvalue weighted by Crippen LogP contribution is 2.38. The molecule has 36 heavy (non-hydrogen) atoms. The van der Waals surface area contributed by atoms with E-state index in [2.05, 4.69) is 9.97 Å². The van der Waals surface area contributed by atoms with Crippen molar-refractivity contribution in [3.8, 4) is 17.1 Å². The van der Waals surface area contributed by atoms with Gasteiger partial charge in [0, 0.05) is 34.9 Å². The van der Waals surface area contributed by atoms with Crippen LogP contribution in [0.5, 0.6) is 0 Å². The molecule has 0 spiro atoms. The maximum atomic E-state index is 13.7. The Morgan fingerprint density at radius 3 is 2.19 bits per heavy atom. The van der Waals surface area contributed by atoms with Crippen LogP contribution in [-0.4, -0.2) is 20.4 Å². The number of pyridine rings is 1. The molecule has 6 nitrogen and oxygen atoms in total. The third kappa shape index (κ3) is 4.90. The van der Waals surface area contributed by atoms with Gasteiger partial charge in [-0.15, -0.1) is 0 Å². The third-order valence-corrected chi connectivity index (χ3v) is 5.34. The number of carbonyl (C=O) groups excluding carboxylic acids is 1. The van der Waals surface area contributed by atoms with Crippen LogP contribution in [0.2, 0.25) is 5.02 Å². The van der Waals surface area contributed by atoms with Gasteiger partial charge < -0.3 is 0 Å². The van der Waals surface area contributed by atoms with Crippen molar-refractivity contribution < 1.29 is 31.1 Å². The van der Waals surface area contributed by atoms with Crippen molar-refractivity contribution in [3.05, 3.63) is 95.0 Å². The monoisotopic (exact) mass is 525 g/mol. The summed E-state index contributed by atoms with van der Waals surface area (Å²) in [4.78, 5) is 20.9. The number of aromatic nitrogens is 3. The zero-order valence-corrected chi connectivity index (χ0v) is 18.6. The van der Waals surface area contributed by atoms with Crippen LogP contribution in [0.15, 0.2) is 73.2 Å². The molecule has 0 aliphatic rings. The summed E-state index contributed by atoms with van der Waals surface area (Å²) in [6.07, 6.45) is -6.66. The standard InChI is InChI=1S/C23H14ClF6N5O/c24-13-5-7-14(8-6-13)34-12-18(33-20(34)15-11-32-10-9-16(15)22(25,26)27)21(36)35(31)19-4-2-1-3-17(19)23(28,29)30/h1-12H,31H2. The van der Waals surface area contributed by atoms with E-state index < -0.39 is 46.3 Å². The molecule has 2 N–H and O–H groups in total. The Hall–Kier alpha value is -3.90. The van der Waals surface area contributed by atoms with E-state index in [0.717, 1.165) is 42.9 Å². The highest BCUT2D eigenvalue weighted by Gasteiger charge is 2.37. The number of amides is 1. The second-order valence-corrected chi connectivity index (χ2v) is 7.84. The Balaban J connectivity index is 1.88. The summed E-state index contributed by atoms with van der Waals surface area (Å²) in [5.41, 5.74) is -3.60. The minimum absolute atomic E-state index is 0.245. The first-order valence-corrected chi connectivity index (χ1v) is 10.4. The Bertz CT molecular complexity index is 1420. The fourth-order valence-electron chi connectivity index (χ4n) is 3.45. The quantitative estimate of drug-likeness (QED) is 0.150. The number of carbonyl (C=O) groups is 1. The smallest absolute Gasteiger partial charge is 0.299 e. The molecular formula is C23H14ClF6N5O. The van der Waals surface area contributed by atoms with Crippen molar-refractivity contribution in [2.24, 2.45) is 5.84 Å². The number of halogens is 7. The minimum atomic E-state index is -4.82. The maximum Gasteiger partial charge on any atom is 0.418 e. The van der Waals surface area contributed by atoms with Crippen LogP contribution in [0.25, 0.3) is 17.1 Å². The molecule has 1 amide bonds. The molecule has 13 heteroatoms. The first-order chi connectivity index (χ1) is 16.9. The van der Waals surface area contributed by atoms with Crippen LogP contribution >= 0.6 is 11.6 Å². The lowest BCUT2D eigenvalue weighted by atomic mass is 10.1. The van der Waals surface area contributed by atoms with Gasteiger partial charge in [0.1, 0.15) is 11.5 Å². The van der Waals surface area contributed by atoms with Crippen LogP contribution < -0.4 is 10.9 Å². The van der Waals surface area contributed by atoms with Gasteiger partial charge in [-0.3, -0.25) is 14.3 Å². The molecule has 0 aliphatic carbocycles. The van der Waals surface area contributed by atoms with E-state index in [9.17, 15) is 31.1 Å². The molecule has 0 fully saturated rings. The minimum Gasteiger partial charge on any atom is -0.299 e. The van der Waals surface area contributed by atoms with E-state index in [0.29, 0.717) is 5.02 Å². The molecule has 186 valence electrons. The largest absolute Gasteiger partial charge is 0.418 e. The molecule has 4 rings (SSSR count). The zero-order chi connectivity index (χ0) is 26.3. The molecule has 2 aromatic heterocycles. The van der Waals surface area contributed by atoms with E-state index in [1.807, 2.05) is 0 Å². The van der Waals surface area contributed by atoms with E-state index in [1.165, 1.54) is 34.9 Å². The Morgan fingerprint density at radius 2 is 1.56 bits per heavy atom. The van der Waals surface area contributed by atoms with Gasteiger partial charge >= 0.3 is 12.4 Å². The van der Waals surface area contributed by atoms with E-state index >= 15 is 0 Å². The highest BCUT2D eigenvalue weighted by atomic mass is 35.5. The number of hydrazine groups is 1. The number of benzene rings is 2. The fraction of sp³-hybridized carbons (Fsp3) is 0.0870. The third-order valence-electron chi connectivity index (χ3n) is 5.09. The normalized spacial score (nSPS) is 12.0. The number of para-hydroxylation sites is 1. The number of nitrogens with zero attached hydrogens (tertiary/aromatic N) is 4. The van der Waals surface area contributed by atoms with Crippen LogP contribution in [0.3, 0.4) is 0 Å². The van der Waals surface area contributed by atoms with Gasteiger partial charge in [-0.1, -0.05) is 23.7 Å². The molecule has 0 atom stereocenters. The van der Waals surface area contributed by atoms with Gasteiger partial charge in [-0.05, 0) is 42.5 Å². The van der Waals surface area contributed by atoms with Gasteiger partial charge in [0.2, 0.25) is 0 Å². The van der Waals surface area contributed by atoms with Gasteiger partial charge in [-0.25, -0.2) is 15.8 Å². The highest BCUT2D eigenvalue weighted by molar-refractivity contribution is 6.30. The van der Waals surface area contributed by atoms with Crippen molar-refractivity contribution in [1.29, 1.82) is 0 Å². The molecule has 0 aliphatic heterocycles. The zero-order valence-electron chi connectivity index (χ0n) is 17.8. The van der Waals surface area contributed by atoms with Crippen molar-refractivity contribution in [1.82, 2.24) is 14.5 Å². The van der Waals surface area contributed by atoms with Crippen LogP contribution in [-0.2, 0) is 12.4 Å².